The fourth-order valence-electron chi connectivity index (χ4n) is 5.47. The Hall–Kier alpha value is -3.23. The van der Waals surface area contributed by atoms with Crippen LogP contribution in [0.4, 0.5) is 0 Å². The first-order valence-electron chi connectivity index (χ1n) is 12.8. The Balaban J connectivity index is 0.00000156. The van der Waals surface area contributed by atoms with E-state index in [4.69, 9.17) is 22.1 Å². The van der Waals surface area contributed by atoms with E-state index < -0.39 is 5.97 Å². The number of carbonyl (C=O) groups is 2. The first kappa shape index (κ1) is 26.8. The van der Waals surface area contributed by atoms with Crippen LogP contribution in [0, 0.1) is 0 Å². The van der Waals surface area contributed by atoms with Crippen LogP contribution in [-0.4, -0.2) is 57.8 Å². The van der Waals surface area contributed by atoms with Gasteiger partial charge in [-0.05, 0) is 55.5 Å². The number of halogens is 1. The van der Waals surface area contributed by atoms with E-state index in [1.165, 1.54) is 12.7 Å². The van der Waals surface area contributed by atoms with Gasteiger partial charge in [0.15, 0.2) is 5.82 Å². The summed E-state index contributed by atoms with van der Waals surface area (Å²) in [6.07, 6.45) is 3.54. The zero-order valence-corrected chi connectivity index (χ0v) is 22.4. The molecule has 2 aromatic carbocycles. The van der Waals surface area contributed by atoms with Crippen LogP contribution < -0.4 is 5.73 Å². The van der Waals surface area contributed by atoms with Gasteiger partial charge >= 0.3 is 5.97 Å². The lowest BCUT2D eigenvalue weighted by atomic mass is 9.68. The van der Waals surface area contributed by atoms with Crippen molar-refractivity contribution in [3.8, 4) is 11.4 Å². The molecule has 8 nitrogen and oxygen atoms in total. The summed E-state index contributed by atoms with van der Waals surface area (Å²) < 4.78 is 6.66. The molecule has 3 aromatic rings. The third-order valence-corrected chi connectivity index (χ3v) is 7.73. The number of ether oxygens (including phenoxy) is 1. The molecule has 1 amide bonds. The van der Waals surface area contributed by atoms with E-state index in [-0.39, 0.29) is 17.4 Å². The zero-order chi connectivity index (χ0) is 26.6. The monoisotopic (exact) mass is 523 g/mol. The molecule has 0 radical (unpaired) electrons. The van der Waals surface area contributed by atoms with Crippen LogP contribution in [0.5, 0.6) is 0 Å². The molecule has 2 heterocycles. The van der Waals surface area contributed by atoms with E-state index >= 15 is 0 Å². The first-order chi connectivity index (χ1) is 18.0. The third-order valence-electron chi connectivity index (χ3n) is 7.49. The lowest BCUT2D eigenvalue weighted by Crippen LogP contribution is -2.50. The van der Waals surface area contributed by atoms with E-state index in [2.05, 4.69) is 16.3 Å². The molecule has 1 saturated carbocycles. The van der Waals surface area contributed by atoms with Gasteiger partial charge in [0.1, 0.15) is 0 Å². The van der Waals surface area contributed by atoms with Crippen molar-refractivity contribution in [2.24, 2.45) is 5.73 Å². The number of rotatable bonds is 5. The average Bonchev–Trinajstić information content (AvgIpc) is 3.39. The molecule has 0 spiro atoms. The molecular formula is C28H34ClN5O3. The molecule has 2 aliphatic rings. The van der Waals surface area contributed by atoms with Gasteiger partial charge in [0.25, 0.3) is 5.91 Å². The lowest BCUT2D eigenvalue weighted by Gasteiger charge is -2.44. The summed E-state index contributed by atoms with van der Waals surface area (Å²) in [5.41, 5.74) is 8.47. The number of carbonyl (C=O) groups excluding carboxylic acids is 2. The van der Waals surface area contributed by atoms with Crippen LogP contribution in [0.25, 0.3) is 11.4 Å². The molecule has 196 valence electrons. The largest absolute Gasteiger partial charge is 0.465 e. The smallest absolute Gasteiger partial charge is 0.337 e. The van der Waals surface area contributed by atoms with Gasteiger partial charge < -0.3 is 19.9 Å². The van der Waals surface area contributed by atoms with Gasteiger partial charge in [-0.1, -0.05) is 49.7 Å². The summed E-state index contributed by atoms with van der Waals surface area (Å²) in [6.45, 7) is 5.74. The van der Waals surface area contributed by atoms with Crippen molar-refractivity contribution >= 4 is 23.5 Å². The molecule has 9 heteroatoms. The van der Waals surface area contributed by atoms with Gasteiger partial charge in [0, 0.05) is 41.7 Å². The van der Waals surface area contributed by atoms with Crippen molar-refractivity contribution in [2.75, 3.05) is 20.2 Å². The Morgan fingerprint density at radius 3 is 2.46 bits per heavy atom. The maximum Gasteiger partial charge on any atom is 0.337 e. The number of benzene rings is 2. The number of amides is 1. The van der Waals surface area contributed by atoms with Gasteiger partial charge in [-0.25, -0.2) is 4.79 Å². The number of methoxy groups -OCH3 is 1. The average molecular weight is 524 g/mol. The van der Waals surface area contributed by atoms with E-state index in [0.717, 1.165) is 36.3 Å². The Labute approximate surface area is 222 Å². The molecule has 0 saturated heterocycles. The second kappa shape index (κ2) is 11.4. The predicted molar refractivity (Wildman–Crippen MR) is 144 cm³/mol. The van der Waals surface area contributed by atoms with Crippen molar-refractivity contribution in [1.29, 1.82) is 0 Å². The zero-order valence-electron chi connectivity index (χ0n) is 21.6. The number of hydrogen-bond acceptors (Lipinski definition) is 6. The number of fused-ring (bicyclic) bond motifs is 1. The van der Waals surface area contributed by atoms with Gasteiger partial charge in [-0.15, -0.1) is 10.2 Å². The molecule has 0 unspecified atom stereocenters. The maximum absolute atomic E-state index is 13.4. The van der Waals surface area contributed by atoms with Crippen molar-refractivity contribution in [2.45, 2.75) is 57.5 Å². The van der Waals surface area contributed by atoms with Crippen LogP contribution in [0.1, 0.15) is 66.1 Å². The summed E-state index contributed by atoms with van der Waals surface area (Å²) in [5, 5.41) is 9.24. The topological polar surface area (TPSA) is 103 Å². The highest BCUT2D eigenvalue weighted by Crippen LogP contribution is 2.41. The molecule has 0 bridgehead atoms. The second-order valence-electron chi connectivity index (χ2n) is 9.30. The fraction of sp³-hybridized carbons (Fsp3) is 0.429. The van der Waals surface area contributed by atoms with Crippen LogP contribution in [0.15, 0.2) is 48.5 Å². The highest BCUT2D eigenvalue weighted by atomic mass is 35.5. The lowest BCUT2D eigenvalue weighted by molar-refractivity contribution is 0.0522. The van der Waals surface area contributed by atoms with Gasteiger partial charge in [0.05, 0.1) is 12.7 Å². The van der Waals surface area contributed by atoms with E-state index in [1.54, 1.807) is 18.2 Å². The summed E-state index contributed by atoms with van der Waals surface area (Å²) in [6, 6.07) is 15.1. The fourth-order valence-corrected chi connectivity index (χ4v) is 5.66. The quantitative estimate of drug-likeness (QED) is 0.486. The number of nitrogens with zero attached hydrogens (tertiary/aromatic N) is 4. The van der Waals surface area contributed by atoms with Crippen LogP contribution >= 0.6 is 11.6 Å². The summed E-state index contributed by atoms with van der Waals surface area (Å²) in [5.74, 6) is 0.383. The Morgan fingerprint density at radius 2 is 1.78 bits per heavy atom. The molecule has 0 atom stereocenters. The Kier molecular flexibility index (Phi) is 8.29. The molecule has 1 fully saturated rings. The maximum atomic E-state index is 13.4. The number of aromatic nitrogens is 3. The Bertz CT molecular complexity index is 1270. The minimum atomic E-state index is -0.420. The van der Waals surface area contributed by atoms with Crippen LogP contribution in [-0.2, 0) is 16.7 Å². The SMILES string of the molecule is CC.COC(=O)c1cccc(-c2nnc3n2CCN(C2CCC(CN)(c4cccc(Cl)c4)CC2)C3=O)c1. The number of esters is 1. The van der Waals surface area contributed by atoms with E-state index in [0.29, 0.717) is 36.8 Å². The standard InChI is InChI=1S/C26H28ClN5O3.C2H6/c1-35-25(34)18-5-2-4-17(14-18)22-29-30-23-24(33)31(12-13-32(22)23)21-8-10-26(16-28,11-9-21)19-6-3-7-20(27)15-19;1-2/h2-7,14-15,21H,8-13,16,28H2,1H3;1-2H3. The molecule has 2 N–H and O–H groups in total. The van der Waals surface area contributed by atoms with Gasteiger partial charge in [0.2, 0.25) is 5.82 Å². The second-order valence-corrected chi connectivity index (χ2v) is 9.73. The minimum Gasteiger partial charge on any atom is -0.465 e. The van der Waals surface area contributed by atoms with Crippen molar-refractivity contribution in [1.82, 2.24) is 19.7 Å². The Morgan fingerprint density at radius 1 is 1.08 bits per heavy atom. The van der Waals surface area contributed by atoms with Crippen molar-refractivity contribution in [3.63, 3.8) is 0 Å². The highest BCUT2D eigenvalue weighted by Gasteiger charge is 2.41. The van der Waals surface area contributed by atoms with Crippen molar-refractivity contribution < 1.29 is 14.3 Å². The minimum absolute atomic E-state index is 0.105. The first-order valence-corrected chi connectivity index (χ1v) is 13.2. The molecule has 37 heavy (non-hydrogen) atoms. The number of hydrogen-bond donors (Lipinski definition) is 1. The summed E-state index contributed by atoms with van der Waals surface area (Å²) >= 11 is 6.25. The van der Waals surface area contributed by atoms with Gasteiger partial charge in [-0.3, -0.25) is 4.79 Å². The van der Waals surface area contributed by atoms with Crippen LogP contribution in [0.3, 0.4) is 0 Å². The predicted octanol–water partition coefficient (Wildman–Crippen LogP) is 4.71. The van der Waals surface area contributed by atoms with E-state index in [9.17, 15) is 9.59 Å². The molecule has 1 aliphatic carbocycles. The summed E-state index contributed by atoms with van der Waals surface area (Å²) in [4.78, 5) is 27.3. The highest BCUT2D eigenvalue weighted by molar-refractivity contribution is 6.30. The molecule has 5 rings (SSSR count). The van der Waals surface area contributed by atoms with E-state index in [1.807, 2.05) is 47.6 Å². The molecule has 1 aromatic heterocycles. The molecular weight excluding hydrogens is 490 g/mol. The molecule has 1 aliphatic heterocycles. The van der Waals surface area contributed by atoms with Crippen molar-refractivity contribution in [3.05, 3.63) is 70.5 Å². The summed E-state index contributed by atoms with van der Waals surface area (Å²) in [7, 11) is 1.35. The third kappa shape index (κ3) is 5.13. The normalized spacial score (nSPS) is 21.1. The number of nitrogens with two attached hydrogens (primary N) is 1. The van der Waals surface area contributed by atoms with Crippen LogP contribution in [0.2, 0.25) is 5.02 Å². The van der Waals surface area contributed by atoms with Gasteiger partial charge in [-0.2, -0.15) is 0 Å².